The number of benzene rings is 1. The second-order valence-corrected chi connectivity index (χ2v) is 5.83. The van der Waals surface area contributed by atoms with Crippen molar-refractivity contribution in [2.45, 2.75) is 19.3 Å². The van der Waals surface area contributed by atoms with Gasteiger partial charge in [-0.05, 0) is 37.0 Å². The quantitative estimate of drug-likeness (QED) is 0.711. The van der Waals surface area contributed by atoms with Gasteiger partial charge in [-0.15, -0.1) is 11.3 Å². The predicted molar refractivity (Wildman–Crippen MR) is 75.9 cm³/mol. The van der Waals surface area contributed by atoms with Crippen LogP contribution >= 0.6 is 11.3 Å². The van der Waals surface area contributed by atoms with E-state index in [2.05, 4.69) is 9.97 Å². The van der Waals surface area contributed by atoms with Gasteiger partial charge in [-0.3, -0.25) is 0 Å². The van der Waals surface area contributed by atoms with Gasteiger partial charge in [-0.1, -0.05) is 12.1 Å². The first kappa shape index (κ1) is 11.8. The van der Waals surface area contributed by atoms with Gasteiger partial charge in [0.2, 0.25) is 5.88 Å². The van der Waals surface area contributed by atoms with Gasteiger partial charge in [-0.25, -0.2) is 14.4 Å². The van der Waals surface area contributed by atoms with Crippen molar-refractivity contribution in [3.8, 4) is 11.6 Å². The summed E-state index contributed by atoms with van der Waals surface area (Å²) in [4.78, 5) is 10.8. The molecule has 2 heterocycles. The van der Waals surface area contributed by atoms with Gasteiger partial charge in [0.25, 0.3) is 0 Å². The molecule has 3 aromatic rings. The number of para-hydroxylation sites is 1. The zero-order chi connectivity index (χ0) is 13.5. The molecule has 0 aliphatic heterocycles. The Morgan fingerprint density at radius 1 is 1.15 bits per heavy atom. The van der Waals surface area contributed by atoms with Crippen LogP contribution < -0.4 is 4.74 Å². The van der Waals surface area contributed by atoms with Crippen LogP contribution in [-0.4, -0.2) is 9.97 Å². The molecule has 0 spiro atoms. The SMILES string of the molecule is Fc1ccccc1Oc1ncnc2sc3c(c12)CCC3. The van der Waals surface area contributed by atoms with Gasteiger partial charge in [0.1, 0.15) is 11.2 Å². The van der Waals surface area contributed by atoms with E-state index in [0.717, 1.165) is 29.5 Å². The molecule has 5 heteroatoms. The number of hydrogen-bond acceptors (Lipinski definition) is 4. The molecule has 0 atom stereocenters. The van der Waals surface area contributed by atoms with Crippen LogP contribution in [0.25, 0.3) is 10.2 Å². The van der Waals surface area contributed by atoms with Gasteiger partial charge in [-0.2, -0.15) is 0 Å². The molecule has 1 aliphatic rings. The van der Waals surface area contributed by atoms with Crippen molar-refractivity contribution in [1.82, 2.24) is 9.97 Å². The number of thiophene rings is 1. The van der Waals surface area contributed by atoms with Crippen molar-refractivity contribution < 1.29 is 9.13 Å². The number of nitrogens with zero attached hydrogens (tertiary/aromatic N) is 2. The van der Waals surface area contributed by atoms with Crippen molar-refractivity contribution >= 4 is 21.6 Å². The highest BCUT2D eigenvalue weighted by Crippen LogP contribution is 2.41. The molecule has 0 N–H and O–H groups in total. The number of fused-ring (bicyclic) bond motifs is 3. The van der Waals surface area contributed by atoms with E-state index in [-0.39, 0.29) is 11.6 Å². The van der Waals surface area contributed by atoms with Crippen LogP contribution in [0.15, 0.2) is 30.6 Å². The standard InChI is InChI=1S/C15H11FN2OS/c16-10-5-1-2-6-11(10)19-14-13-9-4-3-7-12(9)20-15(13)18-8-17-14/h1-2,5-6,8H,3-4,7H2. The van der Waals surface area contributed by atoms with E-state index in [1.54, 1.807) is 29.5 Å². The molecule has 4 rings (SSSR count). The first-order valence-corrected chi connectivity index (χ1v) is 7.32. The van der Waals surface area contributed by atoms with Crippen LogP contribution in [0.5, 0.6) is 11.6 Å². The average Bonchev–Trinajstić information content (AvgIpc) is 3.02. The van der Waals surface area contributed by atoms with E-state index in [4.69, 9.17) is 4.74 Å². The number of hydrogen-bond donors (Lipinski definition) is 0. The lowest BCUT2D eigenvalue weighted by molar-refractivity contribution is 0.431. The van der Waals surface area contributed by atoms with E-state index in [1.165, 1.54) is 22.8 Å². The number of halogens is 1. The van der Waals surface area contributed by atoms with E-state index in [0.29, 0.717) is 5.88 Å². The molecule has 0 saturated carbocycles. The molecular weight excluding hydrogens is 275 g/mol. The number of aromatic nitrogens is 2. The second-order valence-electron chi connectivity index (χ2n) is 4.75. The number of rotatable bonds is 2. The largest absolute Gasteiger partial charge is 0.435 e. The fourth-order valence-corrected chi connectivity index (χ4v) is 3.83. The summed E-state index contributed by atoms with van der Waals surface area (Å²) in [7, 11) is 0. The lowest BCUT2D eigenvalue weighted by Gasteiger charge is -2.07. The molecule has 100 valence electrons. The molecule has 0 unspecified atom stereocenters. The molecule has 0 radical (unpaired) electrons. The zero-order valence-electron chi connectivity index (χ0n) is 10.6. The molecule has 0 fully saturated rings. The van der Waals surface area contributed by atoms with E-state index < -0.39 is 0 Å². The van der Waals surface area contributed by atoms with Crippen LogP contribution in [0.3, 0.4) is 0 Å². The average molecular weight is 286 g/mol. The summed E-state index contributed by atoms with van der Waals surface area (Å²) in [6, 6.07) is 6.37. The van der Waals surface area contributed by atoms with Gasteiger partial charge < -0.3 is 4.74 Å². The number of ether oxygens (including phenoxy) is 1. The minimum Gasteiger partial charge on any atom is -0.435 e. The van der Waals surface area contributed by atoms with E-state index in [1.807, 2.05) is 0 Å². The van der Waals surface area contributed by atoms with Gasteiger partial charge in [0.15, 0.2) is 11.6 Å². The summed E-state index contributed by atoms with van der Waals surface area (Å²) in [5.41, 5.74) is 1.27. The zero-order valence-corrected chi connectivity index (χ0v) is 11.4. The molecule has 1 aromatic carbocycles. The molecule has 20 heavy (non-hydrogen) atoms. The van der Waals surface area contributed by atoms with Gasteiger partial charge in [0, 0.05) is 4.88 Å². The predicted octanol–water partition coefficient (Wildman–Crippen LogP) is 4.11. The minimum absolute atomic E-state index is 0.199. The summed E-state index contributed by atoms with van der Waals surface area (Å²) in [5, 5.41) is 0.952. The third-order valence-corrected chi connectivity index (χ3v) is 4.71. The topological polar surface area (TPSA) is 35.0 Å². The van der Waals surface area contributed by atoms with Crippen molar-refractivity contribution in [3.63, 3.8) is 0 Å². The molecule has 1 aliphatic carbocycles. The van der Waals surface area contributed by atoms with Crippen molar-refractivity contribution in [3.05, 3.63) is 46.9 Å². The number of aryl methyl sites for hydroxylation is 2. The Kier molecular flexibility index (Phi) is 2.67. The third kappa shape index (κ3) is 1.78. The maximum atomic E-state index is 13.7. The van der Waals surface area contributed by atoms with E-state index >= 15 is 0 Å². The van der Waals surface area contributed by atoms with Crippen LogP contribution in [-0.2, 0) is 12.8 Å². The summed E-state index contributed by atoms with van der Waals surface area (Å²) in [5.74, 6) is 0.274. The van der Waals surface area contributed by atoms with Gasteiger partial charge in [0.05, 0.1) is 5.39 Å². The first-order valence-electron chi connectivity index (χ1n) is 6.50. The monoisotopic (exact) mass is 286 g/mol. The summed E-state index contributed by atoms with van der Waals surface area (Å²) < 4.78 is 19.4. The fourth-order valence-electron chi connectivity index (χ4n) is 2.61. The van der Waals surface area contributed by atoms with E-state index in [9.17, 15) is 4.39 Å². The summed E-state index contributed by atoms with van der Waals surface area (Å²) in [6.07, 6.45) is 4.75. The molecule has 2 aromatic heterocycles. The molecular formula is C15H11FN2OS. The summed E-state index contributed by atoms with van der Waals surface area (Å²) in [6.45, 7) is 0. The molecule has 0 bridgehead atoms. The lowest BCUT2D eigenvalue weighted by atomic mass is 10.2. The van der Waals surface area contributed by atoms with Crippen LogP contribution in [0, 0.1) is 5.82 Å². The highest BCUT2D eigenvalue weighted by Gasteiger charge is 2.22. The van der Waals surface area contributed by atoms with Crippen LogP contribution in [0.1, 0.15) is 16.9 Å². The maximum Gasteiger partial charge on any atom is 0.231 e. The molecule has 0 saturated heterocycles. The Morgan fingerprint density at radius 2 is 2.05 bits per heavy atom. The highest BCUT2D eigenvalue weighted by atomic mass is 32.1. The second kappa shape index (κ2) is 4.52. The Hall–Kier alpha value is -2.01. The Balaban J connectivity index is 1.86. The highest BCUT2D eigenvalue weighted by molar-refractivity contribution is 7.18. The van der Waals surface area contributed by atoms with Crippen LogP contribution in [0.2, 0.25) is 0 Å². The minimum atomic E-state index is -0.383. The van der Waals surface area contributed by atoms with Gasteiger partial charge >= 0.3 is 0 Å². The smallest absolute Gasteiger partial charge is 0.231 e. The maximum absolute atomic E-state index is 13.7. The third-order valence-electron chi connectivity index (χ3n) is 3.51. The normalized spacial score (nSPS) is 13.7. The Labute approximate surface area is 119 Å². The fraction of sp³-hybridized carbons (Fsp3) is 0.200. The van der Waals surface area contributed by atoms with Crippen LogP contribution in [0.4, 0.5) is 4.39 Å². The summed E-state index contributed by atoms with van der Waals surface area (Å²) >= 11 is 1.69. The van der Waals surface area contributed by atoms with Crippen molar-refractivity contribution in [2.24, 2.45) is 0 Å². The first-order chi connectivity index (χ1) is 9.83. The Bertz CT molecular complexity index is 800. The molecule has 0 amide bonds. The van der Waals surface area contributed by atoms with Crippen molar-refractivity contribution in [2.75, 3.05) is 0 Å². The van der Waals surface area contributed by atoms with Crippen molar-refractivity contribution in [1.29, 1.82) is 0 Å². The Morgan fingerprint density at radius 3 is 2.95 bits per heavy atom. The molecule has 3 nitrogen and oxygen atoms in total. The lowest BCUT2D eigenvalue weighted by Crippen LogP contribution is -1.93.